The summed E-state index contributed by atoms with van der Waals surface area (Å²) in [6.45, 7) is -0.0221. The van der Waals surface area contributed by atoms with E-state index in [9.17, 15) is 35.2 Å². The number of halogens is 4. The van der Waals surface area contributed by atoms with Gasteiger partial charge >= 0.3 is 30.0 Å². The summed E-state index contributed by atoms with van der Waals surface area (Å²) >= 11 is 7.37. The average Bonchev–Trinajstić information content (AvgIpc) is 4.17. The quantitative estimate of drug-likeness (QED) is 0.0795. The van der Waals surface area contributed by atoms with Crippen LogP contribution in [0.5, 0.6) is 17.2 Å². The number of hydrogen-bond donors (Lipinski definition) is 1. The molecule has 0 amide bonds. The van der Waals surface area contributed by atoms with Gasteiger partial charge < -0.3 is 29.7 Å². The van der Waals surface area contributed by atoms with E-state index in [0.717, 1.165) is 23.6 Å². The van der Waals surface area contributed by atoms with Gasteiger partial charge in [0.2, 0.25) is 0 Å². The Bertz CT molecular complexity index is 3920. The summed E-state index contributed by atoms with van der Waals surface area (Å²) in [7, 11) is -3.66. The van der Waals surface area contributed by atoms with Crippen LogP contribution in [0.4, 0.5) is 20.4 Å². The zero-order valence-corrected chi connectivity index (χ0v) is 49.8. The third kappa shape index (κ3) is 12.6. The molecular formula is C54H48Br2F2N6O11S2Zn. The Kier molecular flexibility index (Phi) is 18.7. The predicted molar refractivity (Wildman–Crippen MR) is 294 cm³/mol. The van der Waals surface area contributed by atoms with Gasteiger partial charge in [-0.1, -0.05) is 28.9 Å². The van der Waals surface area contributed by atoms with Crippen LogP contribution < -0.4 is 34.4 Å². The number of sulfonamides is 2. The Labute approximate surface area is 472 Å². The zero-order valence-electron chi connectivity index (χ0n) is 42.1. The molecule has 24 heteroatoms. The summed E-state index contributed by atoms with van der Waals surface area (Å²) in [6.07, 6.45) is 11.9. The van der Waals surface area contributed by atoms with E-state index in [1.54, 1.807) is 37.4 Å². The number of aromatic nitrogens is 4. The van der Waals surface area contributed by atoms with Crippen LogP contribution in [-0.4, -0.2) is 57.6 Å². The normalized spacial score (nSPS) is 13.1. The van der Waals surface area contributed by atoms with Crippen molar-refractivity contribution in [1.29, 1.82) is 0 Å². The first-order valence-electron chi connectivity index (χ1n) is 23.9. The minimum absolute atomic E-state index is 0.0221. The van der Waals surface area contributed by atoms with Gasteiger partial charge in [-0.3, -0.25) is 23.4 Å². The summed E-state index contributed by atoms with van der Waals surface area (Å²) in [5.41, 5.74) is 1.65. The van der Waals surface area contributed by atoms with E-state index in [1.807, 2.05) is 0 Å². The van der Waals surface area contributed by atoms with Crippen LogP contribution in [0.1, 0.15) is 55.6 Å². The van der Waals surface area contributed by atoms with Gasteiger partial charge in [0, 0.05) is 47.2 Å². The van der Waals surface area contributed by atoms with Crippen LogP contribution in [-0.2, 0) is 42.9 Å². The van der Waals surface area contributed by atoms with Crippen molar-refractivity contribution in [3.8, 4) is 28.6 Å². The Morgan fingerprint density at radius 2 is 1.24 bits per heavy atom. The number of rotatable bonds is 14. The number of nitrogens with zero attached hydrogens (tertiary/aromatic N) is 5. The molecule has 4 aromatic heterocycles. The second-order valence-electron chi connectivity index (χ2n) is 17.5. The molecule has 0 bridgehead atoms. The molecule has 17 nitrogen and oxygen atoms in total. The van der Waals surface area contributed by atoms with Crippen LogP contribution in [0.2, 0.25) is 0 Å². The van der Waals surface area contributed by atoms with Gasteiger partial charge in [0.1, 0.15) is 41.4 Å². The summed E-state index contributed by atoms with van der Waals surface area (Å²) in [5.74, 6) is 0.590. The van der Waals surface area contributed by atoms with Crippen molar-refractivity contribution < 1.29 is 65.2 Å². The molecule has 402 valence electrons. The third-order valence-electron chi connectivity index (χ3n) is 12.8. The number of anilines is 2. The number of ether oxygens (including phenoxy) is 3. The maximum atomic E-state index is 15.0. The van der Waals surface area contributed by atoms with E-state index in [0.29, 0.717) is 44.4 Å². The Morgan fingerprint density at radius 1 is 0.692 bits per heavy atom. The molecule has 0 saturated heterocycles. The molecule has 0 unspecified atom stereocenters. The first-order valence-corrected chi connectivity index (χ1v) is 34.6. The van der Waals surface area contributed by atoms with E-state index in [4.69, 9.17) is 18.7 Å². The molecule has 11 rings (SSSR count). The molecule has 9 aromatic rings. The second kappa shape index (κ2) is 25.4. The predicted octanol–water partition coefficient (Wildman–Crippen LogP) is 11.7. The van der Waals surface area contributed by atoms with Crippen molar-refractivity contribution in [2.24, 2.45) is 0 Å². The van der Waals surface area contributed by atoms with E-state index in [-0.39, 0.29) is 55.5 Å². The van der Waals surface area contributed by atoms with E-state index in [2.05, 4.69) is 55.5 Å². The van der Waals surface area contributed by atoms with Crippen molar-refractivity contribution in [1.82, 2.24) is 19.4 Å². The fourth-order valence-electron chi connectivity index (χ4n) is 8.37. The molecule has 4 heterocycles. The molecule has 0 aliphatic heterocycles. The minimum atomic E-state index is -4.14. The molecule has 0 spiro atoms. The van der Waals surface area contributed by atoms with Gasteiger partial charge in [-0.2, -0.15) is 12.8 Å². The molecule has 1 N–H and O–H groups in total. The average molecular weight is 1280 g/mol. The van der Waals surface area contributed by atoms with E-state index < -0.39 is 42.8 Å². The molecule has 2 aliphatic rings. The van der Waals surface area contributed by atoms with Crippen molar-refractivity contribution >= 4 is 83.0 Å². The van der Waals surface area contributed by atoms with Crippen LogP contribution in [0, 0.1) is 18.1 Å². The number of hydrogen-bond acceptors (Lipinski definition) is 13. The number of pyridine rings is 2. The number of fused-ring (bicyclic) bond motifs is 2. The molecule has 2 aliphatic carbocycles. The Morgan fingerprint density at radius 3 is 1.76 bits per heavy atom. The zero-order chi connectivity index (χ0) is 55.7. The molecule has 2 saturated carbocycles. The fourth-order valence-corrected chi connectivity index (χ4v) is 11.2. The maximum absolute atomic E-state index is 15.0. The molecule has 0 radical (unpaired) electrons. The van der Waals surface area contributed by atoms with E-state index in [1.165, 1.54) is 162 Å². The van der Waals surface area contributed by atoms with Crippen molar-refractivity contribution in [3.05, 3.63) is 188 Å². The van der Waals surface area contributed by atoms with E-state index >= 15 is 0 Å². The van der Waals surface area contributed by atoms with Gasteiger partial charge in [-0.05, 0) is 119 Å². The molecule has 2 fully saturated rings. The monoisotopic (exact) mass is 1280 g/mol. The summed E-state index contributed by atoms with van der Waals surface area (Å²) in [5, 5.41) is 8.31. The summed E-state index contributed by atoms with van der Waals surface area (Å²) in [4.78, 5) is 25.7. The van der Waals surface area contributed by atoms with Gasteiger partial charge in [0.05, 0.1) is 64.5 Å². The van der Waals surface area contributed by atoms with Gasteiger partial charge in [-0.25, -0.2) is 29.9 Å². The van der Waals surface area contributed by atoms with Gasteiger partial charge in [0.15, 0.2) is 11.6 Å². The van der Waals surface area contributed by atoms with Crippen molar-refractivity contribution in [3.63, 3.8) is 0 Å². The SMILES string of the molecule is COc1cc(C2CCC2)c(F)cc1-n1c(=O)ccc2cc(S(=O)(=O)Nc3ccon3)ccc21.COc1ccc(CN(c2ccon2)S(=O)(=O)c2ccc3c(ccc(=O)n3-c3cc(F)c(Br)cc3OC)c2)cc1.[CH-]1CCC1.[Zn+][Br]. The summed E-state index contributed by atoms with van der Waals surface area (Å²) in [6, 6.07) is 29.6. The summed E-state index contributed by atoms with van der Waals surface area (Å²) < 4.78 is 115. The molecule has 5 aromatic carbocycles. The first-order chi connectivity index (χ1) is 37.6. The molecule has 0 atom stereocenters. The van der Waals surface area contributed by atoms with Crippen LogP contribution >= 0.6 is 29.6 Å². The van der Waals surface area contributed by atoms with Crippen molar-refractivity contribution in [2.75, 3.05) is 30.4 Å². The fraction of sp³-hybridized carbons (Fsp3) is 0.204. The number of nitrogens with one attached hydrogen (secondary N) is 1. The first kappa shape index (κ1) is 57.5. The van der Waals surface area contributed by atoms with Gasteiger partial charge in [-0.15, -0.1) is 6.42 Å². The Balaban J connectivity index is 0.000000188. The standard InChI is InChI=1S/C27H21BrFN3O6S.C23H20FN3O5S.C4H7.BrH.Zn/c1-36-19-6-3-17(4-7-19)16-31(26-11-12-38-30-26)39(34,35)20-8-9-23-18(13-20)5-10-27(33)32(23)24-15-22(29)21(28)14-25(24)37-2;1-31-21-12-17(14-3-2-4-14)18(24)13-20(21)27-19-7-6-16(11-15(19)5-8-23(27)28)33(29,30)26-22-9-10-32-25-22;1-2-4-3-1;;/h3-15H,16H2,1-2H3;5-14H,2-4H2,1H3,(H,25,26);1H,2-4H2;1H;/q;;-1;;+2/p-1. The van der Waals surface area contributed by atoms with Crippen LogP contribution in [0.15, 0.2) is 167 Å². The molecule has 78 heavy (non-hydrogen) atoms. The van der Waals surface area contributed by atoms with Crippen LogP contribution in [0.3, 0.4) is 0 Å². The van der Waals surface area contributed by atoms with Crippen LogP contribution in [0.25, 0.3) is 33.2 Å². The third-order valence-corrected chi connectivity index (χ3v) is 16.5. The number of benzene rings is 5. The number of methoxy groups -OCH3 is 3. The topological polar surface area (TPSA) is 207 Å². The van der Waals surface area contributed by atoms with Crippen molar-refractivity contribution in [2.45, 2.75) is 60.8 Å². The second-order valence-corrected chi connectivity index (χ2v) is 21.9. The van der Waals surface area contributed by atoms with Gasteiger partial charge in [0.25, 0.3) is 31.2 Å². The Hall–Kier alpha value is -6.72. The molecular weight excluding hydrogens is 1240 g/mol.